The number of alkyl halides is 3. The summed E-state index contributed by atoms with van der Waals surface area (Å²) in [6, 6.07) is 4.57. The van der Waals surface area contributed by atoms with E-state index in [0.717, 1.165) is 18.5 Å². The average Bonchev–Trinajstić information content (AvgIpc) is 2.47. The molecule has 4 N–H and O–H groups in total. The third-order valence-electron chi connectivity index (χ3n) is 2.49. The average molecular weight is 330 g/mol. The summed E-state index contributed by atoms with van der Waals surface area (Å²) >= 11 is 0. The van der Waals surface area contributed by atoms with E-state index in [-0.39, 0.29) is 17.3 Å². The SMILES string of the molecule is NNc1ncnc(Nc2ccc(OC(F)(F)F)cc2)c1[N+](=O)[O-]. The summed E-state index contributed by atoms with van der Waals surface area (Å²) in [4.78, 5) is 17.6. The van der Waals surface area contributed by atoms with Gasteiger partial charge in [0.1, 0.15) is 12.1 Å². The topological polar surface area (TPSA) is 128 Å². The van der Waals surface area contributed by atoms with Crippen molar-refractivity contribution < 1.29 is 22.8 Å². The molecule has 0 atom stereocenters. The van der Waals surface area contributed by atoms with E-state index < -0.39 is 22.7 Å². The van der Waals surface area contributed by atoms with Gasteiger partial charge in [-0.05, 0) is 24.3 Å². The van der Waals surface area contributed by atoms with Gasteiger partial charge < -0.3 is 15.5 Å². The molecule has 9 nitrogen and oxygen atoms in total. The fraction of sp³-hybridized carbons (Fsp3) is 0.0909. The normalized spacial score (nSPS) is 11.0. The zero-order valence-electron chi connectivity index (χ0n) is 11.2. The largest absolute Gasteiger partial charge is 0.573 e. The Hall–Kier alpha value is -3.15. The van der Waals surface area contributed by atoms with Crippen LogP contribution in [-0.4, -0.2) is 21.3 Å². The van der Waals surface area contributed by atoms with E-state index in [2.05, 4.69) is 25.4 Å². The number of halogens is 3. The van der Waals surface area contributed by atoms with Gasteiger partial charge in [-0.1, -0.05) is 0 Å². The van der Waals surface area contributed by atoms with Crippen LogP contribution in [0, 0.1) is 10.1 Å². The molecule has 12 heteroatoms. The zero-order valence-corrected chi connectivity index (χ0v) is 11.2. The number of aromatic nitrogens is 2. The molecule has 0 saturated carbocycles. The number of nitrogens with two attached hydrogens (primary N) is 1. The standard InChI is InChI=1S/C11H9F3N6O3/c12-11(13,14)23-7-3-1-6(2-4-7)18-9-8(20(21)22)10(19-15)17-5-16-9/h1-5H,15H2,(H2,16,17,18,19). The molecule has 23 heavy (non-hydrogen) atoms. The summed E-state index contributed by atoms with van der Waals surface area (Å²) in [7, 11) is 0. The van der Waals surface area contributed by atoms with Crippen molar-refractivity contribution in [2.75, 3.05) is 10.7 Å². The van der Waals surface area contributed by atoms with Crippen molar-refractivity contribution in [3.8, 4) is 5.75 Å². The number of nitrogen functional groups attached to an aromatic ring is 1. The quantitative estimate of drug-likeness (QED) is 0.433. The maximum Gasteiger partial charge on any atom is 0.573 e. The Labute approximate surface area is 126 Å². The molecular formula is C11H9F3N6O3. The summed E-state index contributed by atoms with van der Waals surface area (Å²) in [6.45, 7) is 0. The third kappa shape index (κ3) is 4.16. The van der Waals surface area contributed by atoms with Crippen molar-refractivity contribution in [2.24, 2.45) is 5.84 Å². The Morgan fingerprint density at radius 2 is 1.78 bits per heavy atom. The highest BCUT2D eigenvalue weighted by Gasteiger charge is 2.31. The zero-order chi connectivity index (χ0) is 17.0. The number of nitrogens with zero attached hydrogens (tertiary/aromatic N) is 3. The van der Waals surface area contributed by atoms with Gasteiger partial charge >= 0.3 is 12.0 Å². The van der Waals surface area contributed by atoms with Crippen molar-refractivity contribution in [3.63, 3.8) is 0 Å². The van der Waals surface area contributed by atoms with Gasteiger partial charge in [-0.2, -0.15) is 0 Å². The molecule has 1 aromatic carbocycles. The van der Waals surface area contributed by atoms with Gasteiger partial charge in [-0.3, -0.25) is 10.1 Å². The number of anilines is 3. The Morgan fingerprint density at radius 3 is 2.30 bits per heavy atom. The highest BCUT2D eigenvalue weighted by molar-refractivity contribution is 5.73. The minimum Gasteiger partial charge on any atom is -0.406 e. The maximum absolute atomic E-state index is 12.1. The van der Waals surface area contributed by atoms with Crippen LogP contribution in [0.15, 0.2) is 30.6 Å². The first kappa shape index (κ1) is 16.2. The molecule has 122 valence electrons. The molecule has 0 amide bonds. The van der Waals surface area contributed by atoms with E-state index in [9.17, 15) is 23.3 Å². The van der Waals surface area contributed by atoms with Crippen molar-refractivity contribution in [1.82, 2.24) is 9.97 Å². The van der Waals surface area contributed by atoms with Gasteiger partial charge in [-0.25, -0.2) is 15.8 Å². The molecule has 2 aromatic rings. The van der Waals surface area contributed by atoms with Crippen LogP contribution in [-0.2, 0) is 0 Å². The van der Waals surface area contributed by atoms with Crippen LogP contribution >= 0.6 is 0 Å². The fourth-order valence-electron chi connectivity index (χ4n) is 1.63. The van der Waals surface area contributed by atoms with E-state index in [1.54, 1.807) is 0 Å². The molecule has 1 aromatic heterocycles. The first-order valence-corrected chi connectivity index (χ1v) is 5.89. The van der Waals surface area contributed by atoms with Crippen LogP contribution in [0.25, 0.3) is 0 Å². The minimum absolute atomic E-state index is 0.178. The Balaban J connectivity index is 2.24. The Morgan fingerprint density at radius 1 is 1.17 bits per heavy atom. The van der Waals surface area contributed by atoms with Crippen LogP contribution in [0.1, 0.15) is 0 Å². The second-order valence-electron chi connectivity index (χ2n) is 4.02. The maximum atomic E-state index is 12.1. The lowest BCUT2D eigenvalue weighted by Crippen LogP contribution is -2.17. The lowest BCUT2D eigenvalue weighted by molar-refractivity contribution is -0.383. The highest BCUT2D eigenvalue weighted by Crippen LogP contribution is 2.31. The molecule has 0 aliphatic rings. The summed E-state index contributed by atoms with van der Waals surface area (Å²) < 4.78 is 39.9. The van der Waals surface area contributed by atoms with Crippen LogP contribution in [0.2, 0.25) is 0 Å². The number of nitro groups is 1. The first-order chi connectivity index (χ1) is 10.8. The molecule has 0 bridgehead atoms. The summed E-state index contributed by atoms with van der Waals surface area (Å²) in [5.41, 5.74) is 1.81. The van der Waals surface area contributed by atoms with Crippen LogP contribution in [0.3, 0.4) is 0 Å². The minimum atomic E-state index is -4.80. The van der Waals surface area contributed by atoms with E-state index >= 15 is 0 Å². The van der Waals surface area contributed by atoms with E-state index in [4.69, 9.17) is 5.84 Å². The highest BCUT2D eigenvalue weighted by atomic mass is 19.4. The summed E-state index contributed by atoms with van der Waals surface area (Å²) in [5, 5.41) is 13.6. The summed E-state index contributed by atoms with van der Waals surface area (Å²) in [6.07, 6.45) is -3.77. The van der Waals surface area contributed by atoms with E-state index in [1.165, 1.54) is 12.1 Å². The smallest absolute Gasteiger partial charge is 0.406 e. The Bertz CT molecular complexity index is 707. The third-order valence-corrected chi connectivity index (χ3v) is 2.49. The van der Waals surface area contributed by atoms with Crippen molar-refractivity contribution in [1.29, 1.82) is 0 Å². The molecular weight excluding hydrogens is 321 g/mol. The van der Waals surface area contributed by atoms with E-state index in [1.807, 2.05) is 0 Å². The molecule has 2 rings (SSSR count). The first-order valence-electron chi connectivity index (χ1n) is 5.89. The lowest BCUT2D eigenvalue weighted by atomic mass is 10.3. The number of benzene rings is 1. The molecule has 1 heterocycles. The van der Waals surface area contributed by atoms with Gasteiger partial charge in [0.2, 0.25) is 11.6 Å². The van der Waals surface area contributed by atoms with Gasteiger partial charge in [0.15, 0.2) is 0 Å². The van der Waals surface area contributed by atoms with Crippen molar-refractivity contribution >= 4 is 23.0 Å². The van der Waals surface area contributed by atoms with Crippen LogP contribution in [0.5, 0.6) is 5.75 Å². The van der Waals surface area contributed by atoms with Gasteiger partial charge in [0.25, 0.3) is 0 Å². The fourth-order valence-corrected chi connectivity index (χ4v) is 1.63. The predicted molar refractivity (Wildman–Crippen MR) is 72.9 cm³/mol. The molecule has 0 fully saturated rings. The number of nitrogens with one attached hydrogen (secondary N) is 2. The second-order valence-corrected chi connectivity index (χ2v) is 4.02. The number of hydrogen-bond acceptors (Lipinski definition) is 8. The van der Waals surface area contributed by atoms with Crippen molar-refractivity contribution in [2.45, 2.75) is 6.36 Å². The van der Waals surface area contributed by atoms with Gasteiger partial charge in [0.05, 0.1) is 4.92 Å². The number of hydrogen-bond donors (Lipinski definition) is 3. The van der Waals surface area contributed by atoms with E-state index in [0.29, 0.717) is 0 Å². The predicted octanol–water partition coefficient (Wildman–Crippen LogP) is 2.31. The molecule has 0 radical (unpaired) electrons. The van der Waals surface area contributed by atoms with Crippen LogP contribution in [0.4, 0.5) is 36.2 Å². The lowest BCUT2D eigenvalue weighted by Gasteiger charge is -2.10. The number of hydrazine groups is 1. The van der Waals surface area contributed by atoms with Crippen molar-refractivity contribution in [3.05, 3.63) is 40.7 Å². The van der Waals surface area contributed by atoms with Gasteiger partial charge in [0, 0.05) is 5.69 Å². The molecule has 0 aliphatic carbocycles. The Kier molecular flexibility index (Phi) is 4.45. The molecule has 0 unspecified atom stereocenters. The summed E-state index contributed by atoms with van der Waals surface area (Å²) in [5.74, 6) is 4.31. The second kappa shape index (κ2) is 6.31. The number of ether oxygens (including phenoxy) is 1. The number of rotatable bonds is 5. The van der Waals surface area contributed by atoms with Crippen LogP contribution < -0.4 is 21.3 Å². The molecule has 0 saturated heterocycles. The monoisotopic (exact) mass is 330 g/mol. The molecule has 0 aliphatic heterocycles. The molecule has 0 spiro atoms. The van der Waals surface area contributed by atoms with Gasteiger partial charge in [-0.15, -0.1) is 13.2 Å².